The number of hydrogen-bond acceptors (Lipinski definition) is 6. The minimum atomic E-state index is -0.657. The molecular formula is C14H21N3O2S2. The van der Waals surface area contributed by atoms with Gasteiger partial charge in [0.15, 0.2) is 5.60 Å². The highest BCUT2D eigenvalue weighted by Crippen LogP contribution is 2.30. The van der Waals surface area contributed by atoms with Crippen LogP contribution in [0.15, 0.2) is 10.9 Å². The maximum atomic E-state index is 5.93. The predicted octanol–water partition coefficient (Wildman–Crippen LogP) is 1.40. The Morgan fingerprint density at radius 3 is 2.90 bits per heavy atom. The molecule has 1 saturated heterocycles. The van der Waals surface area contributed by atoms with Crippen molar-refractivity contribution in [3.63, 3.8) is 0 Å². The molecule has 0 spiro atoms. The van der Waals surface area contributed by atoms with Crippen molar-refractivity contribution in [2.24, 2.45) is 0 Å². The molecule has 2 heterocycles. The number of nitrogens with one attached hydrogen (secondary N) is 1. The molecule has 1 saturated carbocycles. The van der Waals surface area contributed by atoms with Crippen molar-refractivity contribution < 1.29 is 9.47 Å². The summed E-state index contributed by atoms with van der Waals surface area (Å²) >= 11 is 7.26. The third-order valence-electron chi connectivity index (χ3n) is 4.02. The number of hydrogen-bond donors (Lipinski definition) is 1. The van der Waals surface area contributed by atoms with Crippen LogP contribution in [0.25, 0.3) is 0 Å². The summed E-state index contributed by atoms with van der Waals surface area (Å²) in [5.41, 5.74) is 2.08. The van der Waals surface area contributed by atoms with Gasteiger partial charge in [0, 0.05) is 38.2 Å². The fourth-order valence-corrected chi connectivity index (χ4v) is 3.58. The summed E-state index contributed by atoms with van der Waals surface area (Å²) in [6, 6.07) is 0.510. The van der Waals surface area contributed by atoms with Crippen LogP contribution in [0.1, 0.15) is 18.5 Å². The van der Waals surface area contributed by atoms with Crippen molar-refractivity contribution in [3.05, 3.63) is 16.6 Å². The number of thiazole rings is 1. The average molecular weight is 327 g/mol. The molecule has 1 aromatic heterocycles. The normalized spacial score (nSPS) is 22.7. The van der Waals surface area contributed by atoms with Crippen molar-refractivity contribution in [3.8, 4) is 0 Å². The average Bonchev–Trinajstić information content (AvgIpc) is 3.15. The van der Waals surface area contributed by atoms with E-state index in [-0.39, 0.29) is 0 Å². The third-order valence-corrected chi connectivity index (χ3v) is 5.06. The summed E-state index contributed by atoms with van der Waals surface area (Å²) in [5.74, 6) is 0. The number of aromatic nitrogens is 1. The van der Waals surface area contributed by atoms with Crippen molar-refractivity contribution in [1.29, 1.82) is 0 Å². The standard InChI is InChI=1S/C14H21N3O2S2/c1-18-14(12-8-21-10-15-12,13(20)16-11-2-3-11)9-17-4-6-19-7-5-17/h8,10-11H,2-7,9H2,1H3,(H,16,20). The first-order chi connectivity index (χ1) is 10.2. The molecule has 1 N–H and O–H groups in total. The van der Waals surface area contributed by atoms with Gasteiger partial charge >= 0.3 is 0 Å². The van der Waals surface area contributed by atoms with E-state index in [4.69, 9.17) is 21.7 Å². The fourth-order valence-electron chi connectivity index (χ4n) is 2.55. The molecule has 1 aliphatic carbocycles. The van der Waals surface area contributed by atoms with Gasteiger partial charge < -0.3 is 14.8 Å². The van der Waals surface area contributed by atoms with Crippen LogP contribution >= 0.6 is 23.6 Å². The Hall–Kier alpha value is -0.600. The SMILES string of the molecule is COC(CN1CCOCC1)(C(=S)NC1CC1)c1cscn1. The number of rotatable bonds is 6. The van der Waals surface area contributed by atoms with Gasteiger partial charge in [-0.15, -0.1) is 11.3 Å². The van der Waals surface area contributed by atoms with Crippen LogP contribution in [0, 0.1) is 0 Å². The molecule has 1 atom stereocenters. The molecule has 1 aliphatic heterocycles. The number of morpholine rings is 1. The molecule has 0 bridgehead atoms. The molecule has 116 valence electrons. The van der Waals surface area contributed by atoms with E-state index in [1.54, 1.807) is 18.4 Å². The van der Waals surface area contributed by atoms with E-state index < -0.39 is 5.60 Å². The first-order valence-corrected chi connectivity index (χ1v) is 8.64. The molecule has 3 rings (SSSR count). The number of nitrogens with zero attached hydrogens (tertiary/aromatic N) is 2. The van der Waals surface area contributed by atoms with E-state index in [1.807, 2.05) is 10.9 Å². The molecule has 2 fully saturated rings. The lowest BCUT2D eigenvalue weighted by atomic mass is 9.98. The zero-order valence-electron chi connectivity index (χ0n) is 12.2. The topological polar surface area (TPSA) is 46.6 Å². The smallest absolute Gasteiger partial charge is 0.172 e. The summed E-state index contributed by atoms with van der Waals surface area (Å²) in [5, 5.41) is 5.47. The molecule has 0 radical (unpaired) electrons. The third kappa shape index (κ3) is 3.43. The second kappa shape index (κ2) is 6.66. The number of ether oxygens (including phenoxy) is 2. The predicted molar refractivity (Wildman–Crippen MR) is 86.8 cm³/mol. The Morgan fingerprint density at radius 1 is 1.57 bits per heavy atom. The van der Waals surface area contributed by atoms with E-state index in [0.717, 1.165) is 43.5 Å². The second-order valence-electron chi connectivity index (χ2n) is 5.54. The molecule has 1 aromatic rings. The lowest BCUT2D eigenvalue weighted by Crippen LogP contribution is -2.54. The summed E-state index contributed by atoms with van der Waals surface area (Å²) in [4.78, 5) is 7.58. The van der Waals surface area contributed by atoms with Crippen LogP contribution in [-0.2, 0) is 15.1 Å². The Balaban J connectivity index is 1.82. The van der Waals surface area contributed by atoms with Gasteiger partial charge in [-0.25, -0.2) is 4.98 Å². The summed E-state index contributed by atoms with van der Waals surface area (Å²) in [7, 11) is 1.72. The van der Waals surface area contributed by atoms with E-state index in [0.29, 0.717) is 6.04 Å². The van der Waals surface area contributed by atoms with Crippen molar-refractivity contribution in [1.82, 2.24) is 15.2 Å². The summed E-state index contributed by atoms with van der Waals surface area (Å²) in [6.45, 7) is 4.05. The van der Waals surface area contributed by atoms with Crippen LogP contribution in [0.5, 0.6) is 0 Å². The van der Waals surface area contributed by atoms with Crippen molar-refractivity contribution in [2.45, 2.75) is 24.5 Å². The second-order valence-corrected chi connectivity index (χ2v) is 6.67. The molecule has 0 aromatic carbocycles. The molecule has 1 unspecified atom stereocenters. The van der Waals surface area contributed by atoms with Crippen LogP contribution in [0.4, 0.5) is 0 Å². The Morgan fingerprint density at radius 2 is 2.33 bits per heavy atom. The quantitative estimate of drug-likeness (QED) is 0.797. The number of methoxy groups -OCH3 is 1. The minimum absolute atomic E-state index is 0.510. The van der Waals surface area contributed by atoms with Gasteiger partial charge in [-0.1, -0.05) is 12.2 Å². The van der Waals surface area contributed by atoms with Crippen LogP contribution < -0.4 is 5.32 Å². The van der Waals surface area contributed by atoms with Crippen molar-refractivity contribution in [2.75, 3.05) is 40.0 Å². The summed E-state index contributed by atoms with van der Waals surface area (Å²) in [6.07, 6.45) is 2.38. The maximum absolute atomic E-state index is 5.93. The molecule has 0 amide bonds. The van der Waals surface area contributed by atoms with Gasteiger partial charge in [-0.05, 0) is 12.8 Å². The van der Waals surface area contributed by atoms with E-state index in [1.165, 1.54) is 12.8 Å². The molecular weight excluding hydrogens is 306 g/mol. The van der Waals surface area contributed by atoms with Crippen LogP contribution in [-0.4, -0.2) is 60.9 Å². The van der Waals surface area contributed by atoms with Gasteiger partial charge in [-0.2, -0.15) is 0 Å². The first kappa shape index (κ1) is 15.3. The Bertz CT molecular complexity index is 473. The van der Waals surface area contributed by atoms with E-state index in [9.17, 15) is 0 Å². The maximum Gasteiger partial charge on any atom is 0.172 e. The van der Waals surface area contributed by atoms with Crippen LogP contribution in [0.2, 0.25) is 0 Å². The lowest BCUT2D eigenvalue weighted by Gasteiger charge is -2.38. The van der Waals surface area contributed by atoms with Gasteiger partial charge in [0.05, 0.1) is 24.4 Å². The van der Waals surface area contributed by atoms with Gasteiger partial charge in [0.1, 0.15) is 4.99 Å². The zero-order chi connectivity index (χ0) is 14.7. The van der Waals surface area contributed by atoms with Crippen LogP contribution in [0.3, 0.4) is 0 Å². The van der Waals surface area contributed by atoms with Gasteiger partial charge in [-0.3, -0.25) is 4.90 Å². The Labute approximate surface area is 134 Å². The van der Waals surface area contributed by atoms with Gasteiger partial charge in [0.25, 0.3) is 0 Å². The molecule has 21 heavy (non-hydrogen) atoms. The lowest BCUT2D eigenvalue weighted by molar-refractivity contribution is -0.0252. The van der Waals surface area contributed by atoms with E-state index >= 15 is 0 Å². The highest BCUT2D eigenvalue weighted by molar-refractivity contribution is 7.80. The molecule has 5 nitrogen and oxygen atoms in total. The van der Waals surface area contributed by atoms with Gasteiger partial charge in [0.2, 0.25) is 0 Å². The highest BCUT2D eigenvalue weighted by Gasteiger charge is 2.42. The Kier molecular flexibility index (Phi) is 4.85. The minimum Gasteiger partial charge on any atom is -0.379 e. The number of thiocarbonyl (C=S) groups is 1. The van der Waals surface area contributed by atoms with Crippen molar-refractivity contribution >= 4 is 28.5 Å². The van der Waals surface area contributed by atoms with E-state index in [2.05, 4.69) is 15.2 Å². The highest BCUT2D eigenvalue weighted by atomic mass is 32.1. The molecule has 2 aliphatic rings. The monoisotopic (exact) mass is 327 g/mol. The first-order valence-electron chi connectivity index (χ1n) is 7.29. The fraction of sp³-hybridized carbons (Fsp3) is 0.714. The summed E-state index contributed by atoms with van der Waals surface area (Å²) < 4.78 is 11.4. The molecule has 7 heteroatoms. The largest absolute Gasteiger partial charge is 0.379 e. The zero-order valence-corrected chi connectivity index (χ0v) is 13.8.